The molecule has 25 heavy (non-hydrogen) atoms. The molecule has 0 atom stereocenters. The Hall–Kier alpha value is -2.27. The first-order chi connectivity index (χ1) is 11.9. The van der Waals surface area contributed by atoms with E-state index in [-0.39, 0.29) is 0 Å². The topological polar surface area (TPSA) is 70.5 Å². The number of halogens is 3. The lowest BCUT2D eigenvalue weighted by molar-refractivity contribution is 0.461. The summed E-state index contributed by atoms with van der Waals surface area (Å²) in [6.45, 7) is 0. The first kappa shape index (κ1) is 17.5. The summed E-state index contributed by atoms with van der Waals surface area (Å²) in [6, 6.07) is 15.2. The number of benzene rings is 3. The molecule has 0 unspecified atom stereocenters. The molecule has 3 rings (SSSR count). The molecule has 0 fully saturated rings. The Morgan fingerprint density at radius 3 is 1.52 bits per heavy atom. The van der Waals surface area contributed by atoms with E-state index in [0.717, 1.165) is 0 Å². The zero-order chi connectivity index (χ0) is 18.0. The van der Waals surface area contributed by atoms with Gasteiger partial charge in [0.1, 0.15) is 33.0 Å². The maximum Gasteiger partial charge on any atom is 0.148 e. The number of rotatable bonds is 4. The molecule has 0 aromatic heterocycles. The van der Waals surface area contributed by atoms with E-state index < -0.39 is 0 Å². The lowest BCUT2D eigenvalue weighted by Gasteiger charge is -2.13. The summed E-state index contributed by atoms with van der Waals surface area (Å²) in [5.74, 6) is 1.71. The van der Waals surface area contributed by atoms with Gasteiger partial charge in [-0.25, -0.2) is 0 Å². The van der Waals surface area contributed by atoms with Crippen LogP contribution >= 0.6 is 34.8 Å². The molecule has 0 radical (unpaired) electrons. The average molecular weight is 396 g/mol. The van der Waals surface area contributed by atoms with Crippen molar-refractivity contribution in [1.29, 1.82) is 0 Å². The van der Waals surface area contributed by atoms with Crippen LogP contribution < -0.4 is 20.9 Å². The molecule has 7 heteroatoms. The summed E-state index contributed by atoms with van der Waals surface area (Å²) in [5.41, 5.74) is 12.4. The second kappa shape index (κ2) is 7.31. The normalized spacial score (nSPS) is 10.5. The zero-order valence-corrected chi connectivity index (χ0v) is 15.1. The van der Waals surface area contributed by atoms with Gasteiger partial charge in [-0.15, -0.1) is 0 Å². The predicted molar refractivity (Wildman–Crippen MR) is 103 cm³/mol. The van der Waals surface area contributed by atoms with Gasteiger partial charge >= 0.3 is 0 Å². The van der Waals surface area contributed by atoms with Crippen molar-refractivity contribution in [1.82, 2.24) is 0 Å². The fourth-order valence-corrected chi connectivity index (χ4v) is 2.67. The third-order valence-electron chi connectivity index (χ3n) is 3.29. The SMILES string of the molecule is Nc1cccc(Oc2cc(Cl)cc(Oc3cccc(N)c3Cl)c2)c1Cl. The Balaban J connectivity index is 1.90. The smallest absolute Gasteiger partial charge is 0.148 e. The molecule has 0 aliphatic carbocycles. The van der Waals surface area contributed by atoms with Gasteiger partial charge in [0.05, 0.1) is 11.4 Å². The quantitative estimate of drug-likeness (QED) is 0.502. The summed E-state index contributed by atoms with van der Waals surface area (Å²) in [7, 11) is 0. The molecule has 0 saturated carbocycles. The molecule has 3 aromatic rings. The first-order valence-electron chi connectivity index (χ1n) is 7.18. The lowest BCUT2D eigenvalue weighted by Crippen LogP contribution is -1.92. The van der Waals surface area contributed by atoms with Crippen molar-refractivity contribution in [2.24, 2.45) is 0 Å². The van der Waals surface area contributed by atoms with Crippen LogP contribution in [0.3, 0.4) is 0 Å². The van der Waals surface area contributed by atoms with E-state index in [9.17, 15) is 0 Å². The highest BCUT2D eigenvalue weighted by molar-refractivity contribution is 6.35. The minimum Gasteiger partial charge on any atom is -0.456 e. The van der Waals surface area contributed by atoms with Crippen LogP contribution in [0.1, 0.15) is 0 Å². The zero-order valence-electron chi connectivity index (χ0n) is 12.8. The van der Waals surface area contributed by atoms with Gasteiger partial charge in [0.2, 0.25) is 0 Å². The summed E-state index contributed by atoms with van der Waals surface area (Å²) in [4.78, 5) is 0. The van der Waals surface area contributed by atoms with Crippen LogP contribution in [-0.2, 0) is 0 Å². The maximum absolute atomic E-state index is 6.15. The fourth-order valence-electron chi connectivity index (χ4n) is 2.12. The molecule has 3 aromatic carbocycles. The van der Waals surface area contributed by atoms with E-state index in [1.165, 1.54) is 0 Å². The van der Waals surface area contributed by atoms with Gasteiger partial charge in [-0.1, -0.05) is 46.9 Å². The van der Waals surface area contributed by atoms with Gasteiger partial charge in [-0.2, -0.15) is 0 Å². The van der Waals surface area contributed by atoms with Crippen LogP contribution in [0.5, 0.6) is 23.0 Å². The number of nitrogen functional groups attached to an aromatic ring is 2. The van der Waals surface area contributed by atoms with Crippen molar-refractivity contribution in [2.45, 2.75) is 0 Å². The number of nitrogens with two attached hydrogens (primary N) is 2. The van der Waals surface area contributed by atoms with E-state index >= 15 is 0 Å². The number of hydrogen-bond acceptors (Lipinski definition) is 4. The number of hydrogen-bond donors (Lipinski definition) is 2. The molecule has 0 aliphatic heterocycles. The van der Waals surface area contributed by atoms with Gasteiger partial charge in [-0.3, -0.25) is 0 Å². The van der Waals surface area contributed by atoms with Crippen LogP contribution in [0.15, 0.2) is 54.6 Å². The largest absolute Gasteiger partial charge is 0.456 e. The van der Waals surface area contributed by atoms with Gasteiger partial charge < -0.3 is 20.9 Å². The van der Waals surface area contributed by atoms with Gasteiger partial charge in [-0.05, 0) is 36.4 Å². The molecule has 0 spiro atoms. The molecule has 0 amide bonds. The van der Waals surface area contributed by atoms with Crippen LogP contribution in [0.4, 0.5) is 11.4 Å². The van der Waals surface area contributed by atoms with Gasteiger partial charge in [0, 0.05) is 11.1 Å². The highest BCUT2D eigenvalue weighted by Gasteiger charge is 2.10. The molecule has 4 nitrogen and oxygen atoms in total. The highest BCUT2D eigenvalue weighted by Crippen LogP contribution is 2.38. The Morgan fingerprint density at radius 2 is 1.08 bits per heavy atom. The first-order valence-corrected chi connectivity index (χ1v) is 8.31. The van der Waals surface area contributed by atoms with Gasteiger partial charge in [0.15, 0.2) is 0 Å². The number of ether oxygens (including phenoxy) is 2. The molecule has 0 bridgehead atoms. The third-order valence-corrected chi connectivity index (χ3v) is 4.31. The fraction of sp³-hybridized carbons (Fsp3) is 0. The highest BCUT2D eigenvalue weighted by atomic mass is 35.5. The Bertz CT molecular complexity index is 860. The second-order valence-electron chi connectivity index (χ2n) is 5.15. The lowest BCUT2D eigenvalue weighted by atomic mass is 10.3. The van der Waals surface area contributed by atoms with E-state index in [2.05, 4.69) is 0 Å². The Kier molecular flexibility index (Phi) is 5.13. The van der Waals surface area contributed by atoms with Crippen LogP contribution in [0.2, 0.25) is 15.1 Å². The van der Waals surface area contributed by atoms with E-state index in [1.54, 1.807) is 54.6 Å². The van der Waals surface area contributed by atoms with E-state index in [0.29, 0.717) is 49.4 Å². The number of anilines is 2. The van der Waals surface area contributed by atoms with Crippen molar-refractivity contribution in [3.8, 4) is 23.0 Å². The van der Waals surface area contributed by atoms with Crippen molar-refractivity contribution >= 4 is 46.2 Å². The standard InChI is InChI=1S/C18H13Cl3N2O2/c19-10-7-11(24-15-5-1-3-13(22)17(15)20)9-12(8-10)25-16-6-2-4-14(23)18(16)21/h1-9H,22-23H2. The maximum atomic E-state index is 6.15. The van der Waals surface area contributed by atoms with Crippen molar-refractivity contribution in [3.63, 3.8) is 0 Å². The van der Waals surface area contributed by atoms with Crippen molar-refractivity contribution < 1.29 is 9.47 Å². The third kappa shape index (κ3) is 4.04. The second-order valence-corrected chi connectivity index (χ2v) is 6.34. The van der Waals surface area contributed by atoms with Crippen LogP contribution in [-0.4, -0.2) is 0 Å². The minimum absolute atomic E-state index is 0.323. The van der Waals surface area contributed by atoms with Gasteiger partial charge in [0.25, 0.3) is 0 Å². The van der Waals surface area contributed by atoms with Crippen LogP contribution in [0.25, 0.3) is 0 Å². The summed E-state index contributed by atoms with van der Waals surface area (Å²) in [5, 5.41) is 1.07. The van der Waals surface area contributed by atoms with Crippen molar-refractivity contribution in [3.05, 3.63) is 69.7 Å². The minimum atomic E-state index is 0.323. The molecule has 0 aliphatic rings. The molecule has 128 valence electrons. The molecule has 4 N–H and O–H groups in total. The monoisotopic (exact) mass is 394 g/mol. The predicted octanol–water partition coefficient (Wildman–Crippen LogP) is 6.40. The van der Waals surface area contributed by atoms with E-state index in [4.69, 9.17) is 55.7 Å². The van der Waals surface area contributed by atoms with Crippen molar-refractivity contribution in [2.75, 3.05) is 11.5 Å². The van der Waals surface area contributed by atoms with E-state index in [1.807, 2.05) is 0 Å². The molecule has 0 heterocycles. The Labute approximate surface area is 159 Å². The van der Waals surface area contributed by atoms with Crippen LogP contribution in [0, 0.1) is 0 Å². The molecule has 0 saturated heterocycles. The summed E-state index contributed by atoms with van der Waals surface area (Å²) in [6.07, 6.45) is 0. The summed E-state index contributed by atoms with van der Waals surface area (Å²) >= 11 is 18.4. The molecular weight excluding hydrogens is 383 g/mol. The summed E-state index contributed by atoms with van der Waals surface area (Å²) < 4.78 is 11.5. The molecular formula is C18H13Cl3N2O2. The average Bonchev–Trinajstić information content (AvgIpc) is 2.56. The Morgan fingerprint density at radius 1 is 0.640 bits per heavy atom.